The third kappa shape index (κ3) is 3.26. The molecule has 2 aromatic carbocycles. The number of nitrogens with zero attached hydrogens (tertiary/aromatic N) is 2. The average Bonchev–Trinajstić information content (AvgIpc) is 2.56. The number of nitrogens with one attached hydrogen (secondary N) is 1. The molecule has 0 atom stereocenters. The minimum atomic E-state index is -3.21. The lowest BCUT2D eigenvalue weighted by Crippen LogP contribution is -2.42. The van der Waals surface area contributed by atoms with Crippen molar-refractivity contribution in [3.63, 3.8) is 0 Å². The van der Waals surface area contributed by atoms with Crippen LogP contribution in [0.5, 0.6) is 0 Å². The molecule has 24 heavy (non-hydrogen) atoms. The van der Waals surface area contributed by atoms with Crippen molar-refractivity contribution in [2.45, 2.75) is 13.0 Å². The smallest absolute Gasteiger partial charge is 0.123 e. The summed E-state index contributed by atoms with van der Waals surface area (Å²) in [6, 6.07) is 13.4. The molecule has 0 spiro atoms. The Morgan fingerprint density at radius 1 is 1.12 bits per heavy atom. The second kappa shape index (κ2) is 7.08. The molecule has 130 valence electrons. The van der Waals surface area contributed by atoms with E-state index in [0.717, 1.165) is 24.2 Å². The van der Waals surface area contributed by atoms with E-state index in [2.05, 4.69) is 5.32 Å². The Kier molecular flexibility index (Phi) is 5.07. The number of hydrogen-bond donors (Lipinski definition) is 3. The molecule has 0 fully saturated rings. The molecular weight excluding hydrogens is 329 g/mol. The Morgan fingerprint density at radius 3 is 2.54 bits per heavy atom. The lowest BCUT2D eigenvalue weighted by molar-refractivity contribution is 0.331. The first-order valence-corrected chi connectivity index (χ1v) is 9.32. The first kappa shape index (κ1) is 17.2. The summed E-state index contributed by atoms with van der Waals surface area (Å²) in [5, 5.41) is 3.07. The Labute approximate surface area is 143 Å². The number of rotatable bonds is 5. The van der Waals surface area contributed by atoms with Crippen LogP contribution in [0.25, 0.3) is 0 Å². The van der Waals surface area contributed by atoms with Crippen molar-refractivity contribution in [2.75, 3.05) is 24.4 Å². The predicted octanol–water partition coefficient (Wildman–Crippen LogP) is 3.97. The number of anilines is 2. The summed E-state index contributed by atoms with van der Waals surface area (Å²) < 4.78 is 38.4. The Bertz CT molecular complexity index is 696. The Hall–Kier alpha value is -1.64. The van der Waals surface area contributed by atoms with Gasteiger partial charge in [0.2, 0.25) is 0 Å². The Morgan fingerprint density at radius 2 is 1.83 bits per heavy atom. The van der Waals surface area contributed by atoms with Crippen LogP contribution >= 0.6 is 11.0 Å². The summed E-state index contributed by atoms with van der Waals surface area (Å²) in [4.78, 5) is 0. The van der Waals surface area contributed by atoms with E-state index < -0.39 is 11.0 Å². The van der Waals surface area contributed by atoms with Gasteiger partial charge in [-0.15, -0.1) is 0 Å². The van der Waals surface area contributed by atoms with Gasteiger partial charge in [-0.25, -0.2) is 8.70 Å². The molecule has 0 amide bonds. The highest BCUT2D eigenvalue weighted by atomic mass is 32.3. The van der Waals surface area contributed by atoms with Crippen molar-refractivity contribution in [2.24, 2.45) is 0 Å². The quantitative estimate of drug-likeness (QED) is 0.712. The highest BCUT2D eigenvalue weighted by Gasteiger charge is 2.37. The lowest BCUT2D eigenvalue weighted by atomic mass is 10.1. The van der Waals surface area contributed by atoms with Crippen molar-refractivity contribution in [3.8, 4) is 0 Å². The number of fused-ring (bicyclic) bond motifs is 1. The molecule has 3 N–H and O–H groups in total. The largest absolute Gasteiger partial charge is 0.320 e. The van der Waals surface area contributed by atoms with Crippen LogP contribution in [0, 0.1) is 5.82 Å². The maximum absolute atomic E-state index is 13.3. The van der Waals surface area contributed by atoms with Gasteiger partial charge in [0.1, 0.15) is 5.82 Å². The van der Waals surface area contributed by atoms with E-state index in [1.807, 2.05) is 31.3 Å². The zero-order chi connectivity index (χ0) is 17.2. The molecule has 1 aliphatic rings. The van der Waals surface area contributed by atoms with E-state index in [9.17, 15) is 13.5 Å². The van der Waals surface area contributed by atoms with Crippen LogP contribution in [0.4, 0.5) is 15.8 Å². The minimum Gasteiger partial charge on any atom is -0.320 e. The van der Waals surface area contributed by atoms with Crippen LogP contribution in [0.3, 0.4) is 0 Å². The van der Waals surface area contributed by atoms with Gasteiger partial charge in [0.25, 0.3) is 0 Å². The summed E-state index contributed by atoms with van der Waals surface area (Å²) in [5.41, 5.74) is 2.31. The zero-order valence-electron chi connectivity index (χ0n) is 13.5. The predicted molar refractivity (Wildman–Crippen MR) is 96.8 cm³/mol. The summed E-state index contributed by atoms with van der Waals surface area (Å²) in [6.45, 7) is 1.82. The molecule has 0 saturated heterocycles. The minimum absolute atomic E-state index is 0.355. The van der Waals surface area contributed by atoms with Gasteiger partial charge in [0.15, 0.2) is 0 Å². The van der Waals surface area contributed by atoms with Crippen molar-refractivity contribution in [1.82, 2.24) is 9.62 Å². The van der Waals surface area contributed by atoms with Crippen LogP contribution in [0.15, 0.2) is 48.5 Å². The molecule has 1 heterocycles. The average molecular weight is 351 g/mol. The van der Waals surface area contributed by atoms with E-state index in [4.69, 9.17) is 0 Å². The van der Waals surface area contributed by atoms with Gasteiger partial charge in [-0.1, -0.05) is 18.2 Å². The number of para-hydroxylation sites is 1. The normalized spacial score (nSPS) is 18.2. The molecule has 0 unspecified atom stereocenters. The maximum Gasteiger partial charge on any atom is 0.123 e. The van der Waals surface area contributed by atoms with Crippen molar-refractivity contribution in [3.05, 3.63) is 59.9 Å². The summed E-state index contributed by atoms with van der Waals surface area (Å²) >= 11 is 0. The van der Waals surface area contributed by atoms with Gasteiger partial charge in [-0.05, 0) is 66.9 Å². The second-order valence-corrected chi connectivity index (χ2v) is 7.57. The van der Waals surface area contributed by atoms with Gasteiger partial charge in [-0.2, -0.15) is 4.31 Å². The third-order valence-electron chi connectivity index (χ3n) is 4.04. The van der Waals surface area contributed by atoms with Crippen LogP contribution < -0.4 is 9.62 Å². The molecule has 5 nitrogen and oxygen atoms in total. The van der Waals surface area contributed by atoms with E-state index in [0.29, 0.717) is 18.8 Å². The van der Waals surface area contributed by atoms with E-state index in [1.165, 1.54) is 16.4 Å². The third-order valence-corrected chi connectivity index (χ3v) is 5.95. The fraction of sp³-hybridized carbons (Fsp3) is 0.294. The molecule has 1 aliphatic heterocycles. The molecule has 0 bridgehead atoms. The second-order valence-electron chi connectivity index (χ2n) is 5.71. The molecular formula is C17H22FN3O2S. The molecule has 0 saturated carbocycles. The van der Waals surface area contributed by atoms with E-state index in [-0.39, 0.29) is 5.82 Å². The first-order valence-electron chi connectivity index (χ1n) is 7.85. The van der Waals surface area contributed by atoms with Crippen molar-refractivity contribution in [1.29, 1.82) is 0 Å². The standard InChI is InChI=1S/C17H22FN3O2S/c1-19-11-4-12-20-13-14-5-2-3-6-17(14)21(24(20,22)23)16-9-7-15(18)8-10-16/h2-3,5-10,19,22-23H,4,11-13H2,1H3. The van der Waals surface area contributed by atoms with E-state index >= 15 is 0 Å². The number of benzene rings is 2. The van der Waals surface area contributed by atoms with Crippen LogP contribution in [0.2, 0.25) is 0 Å². The molecule has 0 aromatic heterocycles. The van der Waals surface area contributed by atoms with Gasteiger partial charge >= 0.3 is 0 Å². The van der Waals surface area contributed by atoms with Crippen LogP contribution in [0.1, 0.15) is 12.0 Å². The van der Waals surface area contributed by atoms with Crippen molar-refractivity contribution < 1.29 is 13.5 Å². The van der Waals surface area contributed by atoms with Crippen LogP contribution in [-0.2, 0) is 6.54 Å². The molecule has 0 radical (unpaired) electrons. The van der Waals surface area contributed by atoms with E-state index in [1.54, 1.807) is 16.4 Å². The number of hydrogen-bond acceptors (Lipinski definition) is 5. The van der Waals surface area contributed by atoms with Gasteiger partial charge in [0.05, 0.1) is 11.4 Å². The lowest BCUT2D eigenvalue weighted by Gasteiger charge is -2.54. The molecule has 2 aromatic rings. The van der Waals surface area contributed by atoms with Crippen LogP contribution in [-0.4, -0.2) is 33.5 Å². The molecule has 7 heteroatoms. The highest BCUT2D eigenvalue weighted by Crippen LogP contribution is 2.58. The SMILES string of the molecule is CNCCCN1Cc2ccccc2N(c2ccc(F)cc2)S1(O)O. The fourth-order valence-electron chi connectivity index (χ4n) is 2.86. The first-order chi connectivity index (χ1) is 11.5. The zero-order valence-corrected chi connectivity index (χ0v) is 14.3. The number of halogens is 1. The van der Waals surface area contributed by atoms with Gasteiger partial charge in [-0.3, -0.25) is 9.11 Å². The maximum atomic E-state index is 13.3. The highest BCUT2D eigenvalue weighted by molar-refractivity contribution is 8.23. The molecule has 0 aliphatic carbocycles. The summed E-state index contributed by atoms with van der Waals surface area (Å²) in [5.74, 6) is -0.355. The topological polar surface area (TPSA) is 59.0 Å². The van der Waals surface area contributed by atoms with Crippen molar-refractivity contribution >= 4 is 22.3 Å². The summed E-state index contributed by atoms with van der Waals surface area (Å²) in [7, 11) is -1.34. The van der Waals surface area contributed by atoms with Gasteiger partial charge in [0, 0.05) is 13.1 Å². The molecule has 3 rings (SSSR count). The fourth-order valence-corrected chi connectivity index (χ4v) is 4.62. The monoisotopic (exact) mass is 351 g/mol. The Balaban J connectivity index is 2.01. The van der Waals surface area contributed by atoms with Gasteiger partial charge < -0.3 is 5.32 Å². The summed E-state index contributed by atoms with van der Waals surface area (Å²) in [6.07, 6.45) is 0.797.